The van der Waals surface area contributed by atoms with E-state index in [1.54, 1.807) is 12.2 Å². The fraction of sp³-hybridized carbons (Fsp3) is 0.333. The minimum atomic E-state index is -0.628. The van der Waals surface area contributed by atoms with E-state index in [0.29, 0.717) is 17.0 Å². The fourth-order valence-corrected chi connectivity index (χ4v) is 2.02. The Bertz CT molecular complexity index is 537. The van der Waals surface area contributed by atoms with Crippen LogP contribution in [0, 0.1) is 0 Å². The van der Waals surface area contributed by atoms with Crippen LogP contribution in [0.1, 0.15) is 40.5 Å². The van der Waals surface area contributed by atoms with Crippen LogP contribution in [0.4, 0.5) is 4.79 Å². The monoisotopic (exact) mass is 302 g/mol. The lowest BCUT2D eigenvalue weighted by Gasteiger charge is -2.25. The average molecular weight is 302 g/mol. The number of carbonyl (C=O) groups is 2. The van der Waals surface area contributed by atoms with Crippen molar-refractivity contribution in [2.75, 3.05) is 0 Å². The van der Waals surface area contributed by atoms with Crippen LogP contribution in [0.15, 0.2) is 60.0 Å². The minimum Gasteiger partial charge on any atom is -0.351 e. The Balaban J connectivity index is 0.00000211. The predicted octanol–water partition coefficient (Wildman–Crippen LogP) is 4.23. The molecule has 0 aliphatic heterocycles. The first-order valence-corrected chi connectivity index (χ1v) is 7.49. The van der Waals surface area contributed by atoms with E-state index in [1.165, 1.54) is 17.9 Å². The minimum absolute atomic E-state index is 0.167. The molecule has 0 bridgehead atoms. The summed E-state index contributed by atoms with van der Waals surface area (Å²) >= 11 is 0. The fourth-order valence-electron chi connectivity index (χ4n) is 2.02. The van der Waals surface area contributed by atoms with Crippen molar-refractivity contribution in [1.29, 1.82) is 0 Å². The molecule has 22 heavy (non-hydrogen) atoms. The van der Waals surface area contributed by atoms with Crippen LogP contribution in [0.5, 0.6) is 0 Å². The number of nitrogens with zero attached hydrogens (tertiary/aromatic N) is 1. The molecular weight excluding hydrogens is 276 g/mol. The van der Waals surface area contributed by atoms with Crippen LogP contribution >= 0.6 is 0 Å². The zero-order valence-corrected chi connectivity index (χ0v) is 13.9. The smallest absolute Gasteiger partial charge is 0.323 e. The third kappa shape index (κ3) is 5.20. The summed E-state index contributed by atoms with van der Waals surface area (Å²) in [4.78, 5) is 24.9. The summed E-state index contributed by atoms with van der Waals surface area (Å²) in [5, 5.41) is 0. The summed E-state index contributed by atoms with van der Waals surface area (Å²) in [5.74, 6) is -0.167. The standard InChI is InChI=1S/C16H20N2O2.C2H6/c1-4-9-15(14(5-2)12(3)19)18(16(17)20)13-10-7-6-8-11-13;1-2/h4-5,7,9-11H,2,6,8H2,1,3H3,(H2,17,20);1-2H3/b9-4-,15-14-;. The molecule has 2 N–H and O–H groups in total. The first-order chi connectivity index (χ1) is 10.5. The molecule has 0 fully saturated rings. The molecule has 0 aromatic heterocycles. The molecule has 0 saturated carbocycles. The van der Waals surface area contributed by atoms with Crippen LogP contribution in [0.25, 0.3) is 0 Å². The first-order valence-electron chi connectivity index (χ1n) is 7.49. The second-order valence-electron chi connectivity index (χ2n) is 4.34. The Morgan fingerprint density at radius 2 is 1.95 bits per heavy atom. The number of ketones is 1. The van der Waals surface area contributed by atoms with Gasteiger partial charge in [0.1, 0.15) is 0 Å². The molecule has 0 radical (unpaired) electrons. The third-order valence-electron chi connectivity index (χ3n) is 2.88. The summed E-state index contributed by atoms with van der Waals surface area (Å²) < 4.78 is 0. The van der Waals surface area contributed by atoms with Gasteiger partial charge in [-0.1, -0.05) is 44.7 Å². The Hall–Kier alpha value is -2.36. The van der Waals surface area contributed by atoms with Gasteiger partial charge in [0.25, 0.3) is 0 Å². The van der Waals surface area contributed by atoms with Gasteiger partial charge < -0.3 is 5.73 Å². The van der Waals surface area contributed by atoms with E-state index in [1.807, 2.05) is 39.0 Å². The van der Waals surface area contributed by atoms with E-state index in [-0.39, 0.29) is 5.78 Å². The van der Waals surface area contributed by atoms with Crippen molar-refractivity contribution < 1.29 is 9.59 Å². The molecule has 0 atom stereocenters. The van der Waals surface area contributed by atoms with Gasteiger partial charge in [0.05, 0.1) is 5.70 Å². The molecule has 4 nitrogen and oxygen atoms in total. The molecule has 1 rings (SSSR count). The van der Waals surface area contributed by atoms with Gasteiger partial charge in [0, 0.05) is 11.3 Å². The Morgan fingerprint density at radius 1 is 1.32 bits per heavy atom. The maximum Gasteiger partial charge on any atom is 0.323 e. The number of carbonyl (C=O) groups excluding carboxylic acids is 2. The maximum absolute atomic E-state index is 11.8. The van der Waals surface area contributed by atoms with E-state index in [2.05, 4.69) is 6.58 Å². The molecule has 1 aliphatic carbocycles. The molecule has 0 aromatic carbocycles. The first kappa shape index (κ1) is 19.6. The van der Waals surface area contributed by atoms with Gasteiger partial charge in [0.2, 0.25) is 0 Å². The topological polar surface area (TPSA) is 63.4 Å². The number of hydrogen-bond donors (Lipinski definition) is 1. The van der Waals surface area contributed by atoms with Gasteiger partial charge in [-0.05, 0) is 38.8 Å². The molecule has 2 amide bonds. The highest BCUT2D eigenvalue weighted by atomic mass is 16.2. The number of urea groups is 1. The van der Waals surface area contributed by atoms with Crippen molar-refractivity contribution in [1.82, 2.24) is 4.90 Å². The Labute approximate surface area is 133 Å². The molecular formula is C18H26N2O2. The summed E-state index contributed by atoms with van der Waals surface area (Å²) in [6, 6.07) is -0.628. The van der Waals surface area contributed by atoms with Gasteiger partial charge in [0.15, 0.2) is 5.78 Å². The van der Waals surface area contributed by atoms with Gasteiger partial charge >= 0.3 is 6.03 Å². The number of primary amides is 1. The van der Waals surface area contributed by atoms with Gasteiger partial charge in [-0.15, -0.1) is 0 Å². The number of rotatable bonds is 5. The zero-order chi connectivity index (χ0) is 17.1. The highest BCUT2D eigenvalue weighted by Crippen LogP contribution is 2.23. The average Bonchev–Trinajstić information content (AvgIpc) is 2.50. The van der Waals surface area contributed by atoms with E-state index in [4.69, 9.17) is 5.73 Å². The molecule has 0 saturated heterocycles. The van der Waals surface area contributed by atoms with Gasteiger partial charge in [-0.2, -0.15) is 0 Å². The largest absolute Gasteiger partial charge is 0.351 e. The molecule has 1 aliphatic rings. The van der Waals surface area contributed by atoms with Crippen molar-refractivity contribution in [3.05, 3.63) is 60.0 Å². The summed E-state index contributed by atoms with van der Waals surface area (Å²) in [6.07, 6.45) is 12.4. The molecule has 0 spiro atoms. The third-order valence-corrected chi connectivity index (χ3v) is 2.88. The van der Waals surface area contributed by atoms with Gasteiger partial charge in [-0.25, -0.2) is 4.79 Å². The van der Waals surface area contributed by atoms with Crippen molar-refractivity contribution >= 4 is 11.8 Å². The lowest BCUT2D eigenvalue weighted by molar-refractivity contribution is -0.113. The van der Waals surface area contributed by atoms with Crippen molar-refractivity contribution in [3.8, 4) is 0 Å². The van der Waals surface area contributed by atoms with Crippen LogP contribution in [-0.4, -0.2) is 16.7 Å². The van der Waals surface area contributed by atoms with Gasteiger partial charge in [-0.3, -0.25) is 9.69 Å². The SMILES string of the molecule is C=C/C(C(C)=O)=C(\C=C/C)N(C(N)=O)C1=CCCC=C1.CC. The predicted molar refractivity (Wildman–Crippen MR) is 91.9 cm³/mol. The summed E-state index contributed by atoms with van der Waals surface area (Å²) in [5.41, 5.74) is 6.98. The molecule has 4 heteroatoms. The molecule has 0 heterocycles. The van der Waals surface area contributed by atoms with E-state index < -0.39 is 6.03 Å². The lowest BCUT2D eigenvalue weighted by atomic mass is 10.1. The number of nitrogens with two attached hydrogens (primary N) is 1. The number of hydrogen-bond acceptors (Lipinski definition) is 2. The van der Waals surface area contributed by atoms with E-state index >= 15 is 0 Å². The maximum atomic E-state index is 11.8. The van der Waals surface area contributed by atoms with Crippen LogP contribution in [0.2, 0.25) is 0 Å². The van der Waals surface area contributed by atoms with Crippen molar-refractivity contribution in [2.24, 2.45) is 5.73 Å². The molecule has 0 unspecified atom stereocenters. The van der Waals surface area contributed by atoms with Crippen molar-refractivity contribution in [3.63, 3.8) is 0 Å². The zero-order valence-electron chi connectivity index (χ0n) is 13.9. The summed E-state index contributed by atoms with van der Waals surface area (Å²) in [6.45, 7) is 10.9. The lowest BCUT2D eigenvalue weighted by Crippen LogP contribution is -2.35. The van der Waals surface area contributed by atoms with Crippen molar-refractivity contribution in [2.45, 2.75) is 40.5 Å². The normalized spacial score (nSPS) is 14.5. The van der Waals surface area contributed by atoms with E-state index in [9.17, 15) is 9.59 Å². The molecule has 120 valence electrons. The number of amides is 2. The number of Topliss-reactive ketones (excluding diaryl/α,β-unsaturated/α-hetero) is 1. The second-order valence-corrected chi connectivity index (χ2v) is 4.34. The Morgan fingerprint density at radius 3 is 2.32 bits per heavy atom. The van der Waals surface area contributed by atoms with Crippen LogP contribution in [0.3, 0.4) is 0 Å². The molecule has 0 aromatic rings. The summed E-state index contributed by atoms with van der Waals surface area (Å²) in [7, 11) is 0. The highest BCUT2D eigenvalue weighted by Gasteiger charge is 2.21. The highest BCUT2D eigenvalue weighted by molar-refractivity contribution is 5.98. The van der Waals surface area contributed by atoms with Crippen LogP contribution < -0.4 is 5.73 Å². The van der Waals surface area contributed by atoms with E-state index in [0.717, 1.165) is 12.8 Å². The Kier molecular flexibility index (Phi) is 9.27. The second kappa shape index (κ2) is 10.4. The quantitative estimate of drug-likeness (QED) is 0.610. The van der Waals surface area contributed by atoms with Crippen LogP contribution in [-0.2, 0) is 4.79 Å². The number of allylic oxidation sites excluding steroid dienone is 7.